The summed E-state index contributed by atoms with van der Waals surface area (Å²) in [7, 11) is 0. The van der Waals surface area contributed by atoms with Gasteiger partial charge in [-0.15, -0.1) is 0 Å². The molecule has 0 radical (unpaired) electrons. The molecule has 2 aliphatic rings. The van der Waals surface area contributed by atoms with Gasteiger partial charge in [0.2, 0.25) is 0 Å². The predicted octanol–water partition coefficient (Wildman–Crippen LogP) is 3.37. The first kappa shape index (κ1) is 9.58. The fraction of sp³-hybridized carbons (Fsp3) is 1.00. The molecule has 1 aliphatic heterocycles. The first-order valence-electron chi connectivity index (χ1n) is 6.03. The molecule has 0 aromatic heterocycles. The monoisotopic (exact) mass is 180 g/mol. The van der Waals surface area contributed by atoms with Crippen molar-refractivity contribution in [2.24, 2.45) is 5.92 Å². The molecule has 1 aliphatic carbocycles. The molecule has 1 heterocycles. The van der Waals surface area contributed by atoms with E-state index in [0.717, 1.165) is 18.3 Å². The summed E-state index contributed by atoms with van der Waals surface area (Å²) in [6, 6.07) is 0. The minimum Gasteiger partial charge on any atom is -0.436 e. The van der Waals surface area contributed by atoms with E-state index >= 15 is 0 Å². The van der Waals surface area contributed by atoms with E-state index in [0.29, 0.717) is 6.92 Å². The molecular weight excluding hydrogens is 159 g/mol. The summed E-state index contributed by atoms with van der Waals surface area (Å²) in [5.74, 6) is 1.93. The second-order valence-corrected chi connectivity index (χ2v) is 4.63. The summed E-state index contributed by atoms with van der Waals surface area (Å²) in [6.07, 6.45) is 10.1. The molecule has 1 saturated heterocycles. The average molecular weight is 180 g/mol. The quantitative estimate of drug-likeness (QED) is 0.592. The molecule has 2 fully saturated rings. The Morgan fingerprint density at radius 1 is 1.15 bits per heavy atom. The molecule has 13 heavy (non-hydrogen) atoms. The topological polar surface area (TPSA) is 9.23 Å². The largest absolute Gasteiger partial charge is 0.436 e. The van der Waals surface area contributed by atoms with Gasteiger partial charge < -0.3 is 4.65 Å². The summed E-state index contributed by atoms with van der Waals surface area (Å²) in [5.41, 5.74) is 0. The highest BCUT2D eigenvalue weighted by Gasteiger charge is 2.38. The minimum absolute atomic E-state index is 0.615. The van der Waals surface area contributed by atoms with Crippen LogP contribution >= 0.6 is 0 Å². The zero-order chi connectivity index (χ0) is 9.10. The fourth-order valence-corrected chi connectivity index (χ4v) is 3.30. The second kappa shape index (κ2) is 4.50. The zero-order valence-electron chi connectivity index (χ0n) is 8.80. The van der Waals surface area contributed by atoms with Crippen molar-refractivity contribution >= 4 is 6.92 Å². The van der Waals surface area contributed by atoms with E-state index in [-0.39, 0.29) is 0 Å². The molecule has 2 atom stereocenters. The van der Waals surface area contributed by atoms with Crippen LogP contribution in [0.4, 0.5) is 0 Å². The molecule has 0 spiro atoms. The van der Waals surface area contributed by atoms with Crippen molar-refractivity contribution in [3.63, 3.8) is 0 Å². The van der Waals surface area contributed by atoms with Crippen LogP contribution in [0.25, 0.3) is 0 Å². The summed E-state index contributed by atoms with van der Waals surface area (Å²) in [6.45, 7) is 3.66. The van der Waals surface area contributed by atoms with Gasteiger partial charge in [-0.3, -0.25) is 0 Å². The Morgan fingerprint density at radius 2 is 1.92 bits per heavy atom. The van der Waals surface area contributed by atoms with E-state index in [2.05, 4.69) is 6.92 Å². The van der Waals surface area contributed by atoms with Gasteiger partial charge in [0.15, 0.2) is 0 Å². The van der Waals surface area contributed by atoms with Gasteiger partial charge in [-0.1, -0.05) is 38.5 Å². The van der Waals surface area contributed by atoms with Gasteiger partial charge in [0, 0.05) is 6.61 Å². The summed E-state index contributed by atoms with van der Waals surface area (Å²) >= 11 is 0. The van der Waals surface area contributed by atoms with Crippen LogP contribution in [-0.2, 0) is 4.65 Å². The van der Waals surface area contributed by atoms with Crippen molar-refractivity contribution in [1.29, 1.82) is 0 Å². The molecule has 1 saturated carbocycles. The van der Waals surface area contributed by atoms with E-state index < -0.39 is 0 Å². The molecule has 0 N–H and O–H groups in total. The first-order valence-corrected chi connectivity index (χ1v) is 6.03. The van der Waals surface area contributed by atoms with Crippen molar-refractivity contribution in [2.75, 3.05) is 6.61 Å². The maximum atomic E-state index is 5.85. The van der Waals surface area contributed by atoms with Crippen LogP contribution in [0.1, 0.15) is 45.4 Å². The summed E-state index contributed by atoms with van der Waals surface area (Å²) in [5, 5.41) is 0. The third-order valence-electron chi connectivity index (χ3n) is 3.89. The van der Waals surface area contributed by atoms with Crippen molar-refractivity contribution in [2.45, 2.75) is 57.6 Å². The SMILES string of the molecule is CCOB1CCC[C@@H]2CCCC[C@@H]12. The fourth-order valence-electron chi connectivity index (χ4n) is 3.30. The Bertz CT molecular complexity index is 156. The lowest BCUT2D eigenvalue weighted by Gasteiger charge is -2.38. The van der Waals surface area contributed by atoms with Crippen LogP contribution in [0.5, 0.6) is 0 Å². The first-order chi connectivity index (χ1) is 6.42. The average Bonchev–Trinajstić information content (AvgIpc) is 2.19. The molecule has 0 aromatic carbocycles. The maximum Gasteiger partial charge on any atom is 0.296 e. The molecule has 74 valence electrons. The Labute approximate surface area is 82.3 Å². The van der Waals surface area contributed by atoms with Gasteiger partial charge in [-0.2, -0.15) is 0 Å². The van der Waals surface area contributed by atoms with Gasteiger partial charge in [0.25, 0.3) is 6.92 Å². The normalized spacial score (nSPS) is 34.4. The number of fused-ring (bicyclic) bond motifs is 1. The van der Waals surface area contributed by atoms with Crippen LogP contribution in [0, 0.1) is 5.92 Å². The van der Waals surface area contributed by atoms with Crippen molar-refractivity contribution in [3.05, 3.63) is 0 Å². The lowest BCUT2D eigenvalue weighted by molar-refractivity contribution is 0.255. The van der Waals surface area contributed by atoms with Gasteiger partial charge in [-0.25, -0.2) is 0 Å². The standard InChI is InChI=1S/C11H21BO/c1-2-13-12-9-5-7-10-6-3-4-8-11(10)12/h10-11H,2-9H2,1H3/t10-,11+/m0/s1. The Kier molecular flexibility index (Phi) is 3.31. The summed E-state index contributed by atoms with van der Waals surface area (Å²) in [4.78, 5) is 0. The van der Waals surface area contributed by atoms with Crippen LogP contribution in [0.15, 0.2) is 0 Å². The molecule has 0 aromatic rings. The lowest BCUT2D eigenvalue weighted by atomic mass is 9.42. The van der Waals surface area contributed by atoms with E-state index in [1.165, 1.54) is 44.8 Å². The smallest absolute Gasteiger partial charge is 0.296 e. The highest BCUT2D eigenvalue weighted by Crippen LogP contribution is 2.44. The van der Waals surface area contributed by atoms with Gasteiger partial charge >= 0.3 is 0 Å². The summed E-state index contributed by atoms with van der Waals surface area (Å²) < 4.78 is 5.85. The highest BCUT2D eigenvalue weighted by molar-refractivity contribution is 6.54. The molecule has 1 nitrogen and oxygen atoms in total. The highest BCUT2D eigenvalue weighted by atomic mass is 16.4. The molecule has 2 rings (SSSR count). The van der Waals surface area contributed by atoms with Crippen LogP contribution < -0.4 is 0 Å². The van der Waals surface area contributed by atoms with E-state index in [1.54, 1.807) is 0 Å². The number of hydrogen-bond acceptors (Lipinski definition) is 1. The van der Waals surface area contributed by atoms with Crippen molar-refractivity contribution in [1.82, 2.24) is 0 Å². The van der Waals surface area contributed by atoms with Gasteiger partial charge in [-0.05, 0) is 25.0 Å². The number of hydrogen-bond donors (Lipinski definition) is 0. The molecule has 2 heteroatoms. The van der Waals surface area contributed by atoms with Crippen LogP contribution in [0.3, 0.4) is 0 Å². The van der Waals surface area contributed by atoms with Crippen molar-refractivity contribution < 1.29 is 4.65 Å². The Balaban J connectivity index is 1.94. The molecule has 0 unspecified atom stereocenters. The van der Waals surface area contributed by atoms with Crippen LogP contribution in [0.2, 0.25) is 12.1 Å². The van der Waals surface area contributed by atoms with Gasteiger partial charge in [0.1, 0.15) is 0 Å². The lowest BCUT2D eigenvalue weighted by Crippen LogP contribution is -2.35. The Hall–Kier alpha value is 0.0249. The Morgan fingerprint density at radius 3 is 2.77 bits per heavy atom. The molecule has 0 amide bonds. The van der Waals surface area contributed by atoms with E-state index in [1.807, 2.05) is 0 Å². The second-order valence-electron chi connectivity index (χ2n) is 4.63. The predicted molar refractivity (Wildman–Crippen MR) is 57.1 cm³/mol. The number of rotatable bonds is 2. The maximum absolute atomic E-state index is 5.85. The van der Waals surface area contributed by atoms with E-state index in [4.69, 9.17) is 4.65 Å². The van der Waals surface area contributed by atoms with E-state index in [9.17, 15) is 0 Å². The van der Waals surface area contributed by atoms with Crippen LogP contribution in [-0.4, -0.2) is 13.5 Å². The zero-order valence-corrected chi connectivity index (χ0v) is 8.80. The third kappa shape index (κ3) is 2.09. The van der Waals surface area contributed by atoms with Gasteiger partial charge in [0.05, 0.1) is 0 Å². The van der Waals surface area contributed by atoms with Crippen molar-refractivity contribution in [3.8, 4) is 0 Å². The third-order valence-corrected chi connectivity index (χ3v) is 3.89. The molecule has 0 bridgehead atoms. The molecular formula is C11H21BO. The minimum atomic E-state index is 0.615.